The Labute approximate surface area is 115 Å². The smallest absolute Gasteiger partial charge is 0.323 e. The van der Waals surface area contributed by atoms with Gasteiger partial charge in [-0.2, -0.15) is 0 Å². The summed E-state index contributed by atoms with van der Waals surface area (Å²) < 4.78 is 1.83. The molecule has 0 spiro atoms. The Bertz CT molecular complexity index is 748. The second-order valence-electron chi connectivity index (χ2n) is 4.31. The van der Waals surface area contributed by atoms with E-state index in [1.165, 1.54) is 0 Å². The number of nitrogen functional groups attached to an aromatic ring is 1. The van der Waals surface area contributed by atoms with Gasteiger partial charge in [-0.25, -0.2) is 9.78 Å². The molecule has 20 heavy (non-hydrogen) atoms. The average molecular weight is 267 g/mol. The molecular formula is C14H13N5O. The lowest BCUT2D eigenvalue weighted by Crippen LogP contribution is -2.19. The van der Waals surface area contributed by atoms with Crippen molar-refractivity contribution in [3.05, 3.63) is 55.0 Å². The molecule has 0 saturated carbocycles. The number of aromatic nitrogens is 2. The zero-order chi connectivity index (χ0) is 13.9. The molecule has 2 amide bonds. The van der Waals surface area contributed by atoms with E-state index in [1.807, 2.05) is 16.7 Å². The molecule has 3 rings (SSSR count). The number of hydrogen-bond donors (Lipinski definition) is 3. The summed E-state index contributed by atoms with van der Waals surface area (Å²) in [6.07, 6.45) is 5.32. The van der Waals surface area contributed by atoms with Gasteiger partial charge in [0.25, 0.3) is 0 Å². The first-order chi connectivity index (χ1) is 9.70. The highest BCUT2D eigenvalue weighted by atomic mass is 16.2. The monoisotopic (exact) mass is 267 g/mol. The van der Waals surface area contributed by atoms with Crippen LogP contribution in [0.3, 0.4) is 0 Å². The quantitative estimate of drug-likeness (QED) is 0.624. The highest BCUT2D eigenvalue weighted by Gasteiger charge is 2.03. The maximum Gasteiger partial charge on any atom is 0.323 e. The van der Waals surface area contributed by atoms with Crippen molar-refractivity contribution in [1.82, 2.24) is 9.38 Å². The summed E-state index contributed by atoms with van der Waals surface area (Å²) in [6, 6.07) is 10.3. The van der Waals surface area contributed by atoms with Crippen molar-refractivity contribution in [2.75, 3.05) is 16.4 Å². The topological polar surface area (TPSA) is 84.4 Å². The number of anilines is 3. The number of fused-ring (bicyclic) bond motifs is 1. The van der Waals surface area contributed by atoms with Gasteiger partial charge in [0.1, 0.15) is 5.65 Å². The standard InChI is InChI=1S/C14H13N5O/c15-10-1-3-11(4-2-10)17-14(20)18-12-5-6-13-16-7-8-19(13)9-12/h1-9H,15H2,(H2,17,18,20). The number of amides is 2. The Hall–Kier alpha value is -3.02. The third-order valence-corrected chi connectivity index (χ3v) is 2.82. The zero-order valence-electron chi connectivity index (χ0n) is 10.6. The van der Waals surface area contributed by atoms with E-state index >= 15 is 0 Å². The predicted molar refractivity (Wildman–Crippen MR) is 78.7 cm³/mol. The lowest BCUT2D eigenvalue weighted by molar-refractivity contribution is 0.262. The van der Waals surface area contributed by atoms with Crippen molar-refractivity contribution >= 4 is 28.7 Å². The molecule has 0 unspecified atom stereocenters. The van der Waals surface area contributed by atoms with E-state index in [4.69, 9.17) is 5.73 Å². The van der Waals surface area contributed by atoms with E-state index in [0.29, 0.717) is 17.1 Å². The lowest BCUT2D eigenvalue weighted by atomic mass is 10.3. The molecule has 3 aromatic rings. The number of nitrogens with one attached hydrogen (secondary N) is 2. The van der Waals surface area contributed by atoms with Gasteiger partial charge in [0, 0.05) is 30.0 Å². The van der Waals surface area contributed by atoms with Gasteiger partial charge in [0.15, 0.2) is 0 Å². The highest BCUT2D eigenvalue weighted by molar-refractivity contribution is 5.99. The maximum atomic E-state index is 11.9. The Balaban J connectivity index is 1.70. The first-order valence-corrected chi connectivity index (χ1v) is 6.07. The summed E-state index contributed by atoms with van der Waals surface area (Å²) in [4.78, 5) is 16.0. The molecule has 4 N–H and O–H groups in total. The Morgan fingerprint density at radius 2 is 1.75 bits per heavy atom. The van der Waals surface area contributed by atoms with E-state index in [9.17, 15) is 4.79 Å². The molecule has 0 bridgehead atoms. The molecule has 0 saturated heterocycles. The fraction of sp³-hybridized carbons (Fsp3) is 0. The number of carbonyl (C=O) groups excluding carboxylic acids is 1. The minimum absolute atomic E-state index is 0.311. The molecular weight excluding hydrogens is 254 g/mol. The molecule has 2 heterocycles. The normalized spacial score (nSPS) is 10.4. The summed E-state index contributed by atoms with van der Waals surface area (Å²) in [6.45, 7) is 0. The molecule has 6 nitrogen and oxygen atoms in total. The van der Waals surface area contributed by atoms with Gasteiger partial charge in [0.2, 0.25) is 0 Å². The van der Waals surface area contributed by atoms with Crippen LogP contribution < -0.4 is 16.4 Å². The van der Waals surface area contributed by atoms with Gasteiger partial charge in [-0.15, -0.1) is 0 Å². The van der Waals surface area contributed by atoms with Crippen LogP contribution in [-0.4, -0.2) is 15.4 Å². The number of imidazole rings is 1. The van der Waals surface area contributed by atoms with Crippen LogP contribution in [0, 0.1) is 0 Å². The zero-order valence-corrected chi connectivity index (χ0v) is 10.6. The minimum Gasteiger partial charge on any atom is -0.399 e. The predicted octanol–water partition coefficient (Wildman–Crippen LogP) is 2.56. The van der Waals surface area contributed by atoms with Crippen LogP contribution in [0.2, 0.25) is 0 Å². The summed E-state index contributed by atoms with van der Waals surface area (Å²) >= 11 is 0. The van der Waals surface area contributed by atoms with Crippen molar-refractivity contribution in [3.63, 3.8) is 0 Å². The fourth-order valence-electron chi connectivity index (χ4n) is 1.85. The van der Waals surface area contributed by atoms with Gasteiger partial charge in [-0.05, 0) is 36.4 Å². The van der Waals surface area contributed by atoms with Crippen LogP contribution >= 0.6 is 0 Å². The second-order valence-corrected chi connectivity index (χ2v) is 4.31. The SMILES string of the molecule is Nc1ccc(NC(=O)Nc2ccc3nccn3c2)cc1. The van der Waals surface area contributed by atoms with E-state index in [-0.39, 0.29) is 6.03 Å². The molecule has 0 aliphatic heterocycles. The number of nitrogens with two attached hydrogens (primary N) is 1. The van der Waals surface area contributed by atoms with Crippen molar-refractivity contribution in [1.29, 1.82) is 0 Å². The molecule has 6 heteroatoms. The van der Waals surface area contributed by atoms with Crippen molar-refractivity contribution in [2.24, 2.45) is 0 Å². The van der Waals surface area contributed by atoms with Gasteiger partial charge < -0.3 is 20.8 Å². The van der Waals surface area contributed by atoms with Crippen molar-refractivity contribution < 1.29 is 4.79 Å². The second kappa shape index (κ2) is 4.93. The molecule has 0 aliphatic rings. The maximum absolute atomic E-state index is 11.9. The summed E-state index contributed by atoms with van der Waals surface area (Å²) in [5.74, 6) is 0. The number of rotatable bonds is 2. The van der Waals surface area contributed by atoms with E-state index in [1.54, 1.807) is 42.7 Å². The molecule has 0 atom stereocenters. The summed E-state index contributed by atoms with van der Waals surface area (Å²) in [5, 5.41) is 5.49. The number of hydrogen-bond acceptors (Lipinski definition) is 3. The molecule has 1 aromatic carbocycles. The number of nitrogens with zero attached hydrogens (tertiary/aromatic N) is 2. The van der Waals surface area contributed by atoms with Crippen LogP contribution in [-0.2, 0) is 0 Å². The number of benzene rings is 1. The van der Waals surface area contributed by atoms with Crippen molar-refractivity contribution in [3.8, 4) is 0 Å². The van der Waals surface area contributed by atoms with Crippen molar-refractivity contribution in [2.45, 2.75) is 0 Å². The molecule has 0 aliphatic carbocycles. The van der Waals surface area contributed by atoms with E-state index in [2.05, 4.69) is 15.6 Å². The highest BCUT2D eigenvalue weighted by Crippen LogP contribution is 2.13. The largest absolute Gasteiger partial charge is 0.399 e. The Morgan fingerprint density at radius 3 is 2.55 bits per heavy atom. The number of urea groups is 1. The summed E-state index contributed by atoms with van der Waals surface area (Å²) in [5.41, 5.74) is 8.43. The van der Waals surface area contributed by atoms with Crippen LogP contribution in [0.15, 0.2) is 55.0 Å². The van der Waals surface area contributed by atoms with Crippen LogP contribution in [0.25, 0.3) is 5.65 Å². The molecule has 100 valence electrons. The fourth-order valence-corrected chi connectivity index (χ4v) is 1.85. The first-order valence-electron chi connectivity index (χ1n) is 6.07. The minimum atomic E-state index is -0.311. The number of carbonyl (C=O) groups is 1. The Morgan fingerprint density at radius 1 is 1.05 bits per heavy atom. The van der Waals surface area contributed by atoms with E-state index in [0.717, 1.165) is 5.65 Å². The van der Waals surface area contributed by atoms with E-state index < -0.39 is 0 Å². The van der Waals surface area contributed by atoms with Crippen LogP contribution in [0.1, 0.15) is 0 Å². The van der Waals surface area contributed by atoms with Gasteiger partial charge >= 0.3 is 6.03 Å². The Kier molecular flexibility index (Phi) is 2.96. The summed E-state index contributed by atoms with van der Waals surface area (Å²) in [7, 11) is 0. The molecule has 0 radical (unpaired) electrons. The average Bonchev–Trinajstić information content (AvgIpc) is 2.89. The molecule has 2 aromatic heterocycles. The number of pyridine rings is 1. The third-order valence-electron chi connectivity index (χ3n) is 2.82. The van der Waals surface area contributed by atoms with Crippen LogP contribution in [0.4, 0.5) is 21.9 Å². The van der Waals surface area contributed by atoms with Gasteiger partial charge in [-0.3, -0.25) is 0 Å². The van der Waals surface area contributed by atoms with Crippen LogP contribution in [0.5, 0.6) is 0 Å². The van der Waals surface area contributed by atoms with Gasteiger partial charge in [-0.1, -0.05) is 0 Å². The molecule has 0 fully saturated rings. The lowest BCUT2D eigenvalue weighted by Gasteiger charge is -2.08. The third kappa shape index (κ3) is 2.54. The first kappa shape index (κ1) is 12.0. The van der Waals surface area contributed by atoms with Gasteiger partial charge in [0.05, 0.1) is 5.69 Å².